The number of carbonyl (C=O) groups excluding carboxylic acids is 1. The maximum Gasteiger partial charge on any atom is 0.238 e. The number of anilines is 1. The van der Waals surface area contributed by atoms with E-state index in [2.05, 4.69) is 17.6 Å². The van der Waals surface area contributed by atoms with Crippen LogP contribution in [0.2, 0.25) is 0 Å². The molecule has 0 saturated carbocycles. The third kappa shape index (κ3) is 4.75. The number of hydrogen-bond donors (Lipinski definition) is 2. The van der Waals surface area contributed by atoms with Gasteiger partial charge < -0.3 is 15.4 Å². The number of carbonyl (C=O) groups is 1. The Balaban J connectivity index is 2.53. The molecule has 1 amide bonds. The van der Waals surface area contributed by atoms with Gasteiger partial charge >= 0.3 is 0 Å². The van der Waals surface area contributed by atoms with Gasteiger partial charge in [-0.3, -0.25) is 4.79 Å². The summed E-state index contributed by atoms with van der Waals surface area (Å²) >= 11 is 0. The van der Waals surface area contributed by atoms with E-state index >= 15 is 0 Å². The quantitative estimate of drug-likeness (QED) is 0.730. The standard InChI is InChI=1S/C14H22N2O2/c1-4-8-15-10-14(17)16-13-7-6-12(18-5-2)9-11(13)3/h6-7,9,15H,4-5,8,10H2,1-3H3,(H,16,17). The van der Waals surface area contributed by atoms with Crippen molar-refractivity contribution in [3.05, 3.63) is 23.8 Å². The zero-order valence-electron chi connectivity index (χ0n) is 11.4. The van der Waals surface area contributed by atoms with E-state index < -0.39 is 0 Å². The lowest BCUT2D eigenvalue weighted by Gasteiger charge is -2.11. The fourth-order valence-corrected chi connectivity index (χ4v) is 1.61. The first-order chi connectivity index (χ1) is 8.67. The lowest BCUT2D eigenvalue weighted by atomic mass is 10.2. The Kier molecular flexibility index (Phi) is 6.22. The van der Waals surface area contributed by atoms with Crippen molar-refractivity contribution in [2.45, 2.75) is 27.2 Å². The van der Waals surface area contributed by atoms with E-state index in [1.54, 1.807) is 0 Å². The van der Waals surface area contributed by atoms with E-state index in [1.165, 1.54) is 0 Å². The summed E-state index contributed by atoms with van der Waals surface area (Å²) in [7, 11) is 0. The summed E-state index contributed by atoms with van der Waals surface area (Å²) in [6.07, 6.45) is 1.02. The third-order valence-electron chi connectivity index (χ3n) is 2.50. The number of benzene rings is 1. The molecule has 0 aliphatic carbocycles. The molecular weight excluding hydrogens is 228 g/mol. The van der Waals surface area contributed by atoms with Crippen LogP contribution < -0.4 is 15.4 Å². The SMILES string of the molecule is CCCNCC(=O)Nc1ccc(OCC)cc1C. The number of hydrogen-bond acceptors (Lipinski definition) is 3. The number of rotatable bonds is 7. The molecule has 0 radical (unpaired) electrons. The highest BCUT2D eigenvalue weighted by Gasteiger charge is 2.05. The van der Waals surface area contributed by atoms with Crippen LogP contribution in [0.5, 0.6) is 5.75 Å². The highest BCUT2D eigenvalue weighted by atomic mass is 16.5. The van der Waals surface area contributed by atoms with Gasteiger partial charge in [0.05, 0.1) is 13.2 Å². The molecule has 4 nitrogen and oxygen atoms in total. The molecule has 4 heteroatoms. The Bertz CT molecular complexity index is 391. The van der Waals surface area contributed by atoms with Crippen molar-refractivity contribution in [3.8, 4) is 5.75 Å². The van der Waals surface area contributed by atoms with Gasteiger partial charge in [0.15, 0.2) is 0 Å². The summed E-state index contributed by atoms with van der Waals surface area (Å²) in [5, 5.41) is 5.95. The summed E-state index contributed by atoms with van der Waals surface area (Å²) in [5.74, 6) is 0.813. The van der Waals surface area contributed by atoms with E-state index in [4.69, 9.17) is 4.74 Å². The number of amides is 1. The summed E-state index contributed by atoms with van der Waals surface area (Å²) in [5.41, 5.74) is 1.84. The van der Waals surface area contributed by atoms with Crippen molar-refractivity contribution in [1.82, 2.24) is 5.32 Å². The molecule has 1 aromatic rings. The van der Waals surface area contributed by atoms with Crippen LogP contribution in [-0.2, 0) is 4.79 Å². The van der Waals surface area contributed by atoms with Gasteiger partial charge in [-0.15, -0.1) is 0 Å². The van der Waals surface area contributed by atoms with Gasteiger partial charge in [-0.2, -0.15) is 0 Å². The molecule has 2 N–H and O–H groups in total. The van der Waals surface area contributed by atoms with Crippen molar-refractivity contribution in [2.75, 3.05) is 25.0 Å². The molecule has 0 aliphatic heterocycles. The van der Waals surface area contributed by atoms with Gasteiger partial charge in [0.1, 0.15) is 5.75 Å². The van der Waals surface area contributed by atoms with Gasteiger partial charge in [0, 0.05) is 5.69 Å². The molecule has 0 atom stereocenters. The molecule has 0 bridgehead atoms. The van der Waals surface area contributed by atoms with Crippen LogP contribution in [0.1, 0.15) is 25.8 Å². The van der Waals surface area contributed by atoms with Gasteiger partial charge in [0.25, 0.3) is 0 Å². The largest absolute Gasteiger partial charge is 0.494 e. The first-order valence-corrected chi connectivity index (χ1v) is 6.41. The van der Waals surface area contributed by atoms with Crippen molar-refractivity contribution in [3.63, 3.8) is 0 Å². The van der Waals surface area contributed by atoms with Crippen LogP contribution in [0.3, 0.4) is 0 Å². The van der Waals surface area contributed by atoms with Crippen LogP contribution in [-0.4, -0.2) is 25.6 Å². The van der Waals surface area contributed by atoms with Gasteiger partial charge in [0.2, 0.25) is 5.91 Å². The maximum absolute atomic E-state index is 11.6. The van der Waals surface area contributed by atoms with E-state index in [9.17, 15) is 4.79 Å². The molecular formula is C14H22N2O2. The molecule has 0 fully saturated rings. The second kappa shape index (κ2) is 7.71. The van der Waals surface area contributed by atoms with E-state index in [1.807, 2.05) is 32.0 Å². The van der Waals surface area contributed by atoms with Crippen LogP contribution in [0, 0.1) is 6.92 Å². The summed E-state index contributed by atoms with van der Waals surface area (Å²) in [6.45, 7) is 7.83. The second-order valence-electron chi connectivity index (χ2n) is 4.13. The molecule has 100 valence electrons. The highest BCUT2D eigenvalue weighted by Crippen LogP contribution is 2.21. The molecule has 0 unspecified atom stereocenters. The predicted molar refractivity (Wildman–Crippen MR) is 74.1 cm³/mol. The molecule has 18 heavy (non-hydrogen) atoms. The Morgan fingerprint density at radius 3 is 2.72 bits per heavy atom. The minimum absolute atomic E-state index is 0.0179. The molecule has 1 rings (SSSR count). The van der Waals surface area contributed by atoms with Crippen molar-refractivity contribution in [1.29, 1.82) is 0 Å². The Labute approximate surface area is 109 Å². The fourth-order valence-electron chi connectivity index (χ4n) is 1.61. The summed E-state index contributed by atoms with van der Waals surface area (Å²) in [4.78, 5) is 11.6. The first kappa shape index (κ1) is 14.5. The van der Waals surface area contributed by atoms with Gasteiger partial charge in [-0.05, 0) is 50.6 Å². The minimum Gasteiger partial charge on any atom is -0.494 e. The average Bonchev–Trinajstić information content (AvgIpc) is 2.33. The summed E-state index contributed by atoms with van der Waals surface area (Å²) < 4.78 is 5.40. The van der Waals surface area contributed by atoms with E-state index in [0.717, 1.165) is 30.0 Å². The molecule has 0 aliphatic rings. The molecule has 0 heterocycles. The van der Waals surface area contributed by atoms with Crippen LogP contribution in [0.15, 0.2) is 18.2 Å². The monoisotopic (exact) mass is 250 g/mol. The van der Waals surface area contributed by atoms with Crippen LogP contribution >= 0.6 is 0 Å². The zero-order chi connectivity index (χ0) is 13.4. The molecule has 0 aromatic heterocycles. The predicted octanol–water partition coefficient (Wildman–Crippen LogP) is 2.33. The molecule has 0 saturated heterocycles. The fraction of sp³-hybridized carbons (Fsp3) is 0.500. The van der Waals surface area contributed by atoms with Crippen molar-refractivity contribution >= 4 is 11.6 Å². The highest BCUT2D eigenvalue weighted by molar-refractivity contribution is 5.93. The number of nitrogens with one attached hydrogen (secondary N) is 2. The Morgan fingerprint density at radius 2 is 2.11 bits per heavy atom. The van der Waals surface area contributed by atoms with Crippen LogP contribution in [0.4, 0.5) is 5.69 Å². The van der Waals surface area contributed by atoms with Gasteiger partial charge in [-0.1, -0.05) is 6.92 Å². The lowest BCUT2D eigenvalue weighted by molar-refractivity contribution is -0.115. The summed E-state index contributed by atoms with van der Waals surface area (Å²) in [6, 6.07) is 5.67. The van der Waals surface area contributed by atoms with Crippen molar-refractivity contribution in [2.24, 2.45) is 0 Å². The second-order valence-corrected chi connectivity index (χ2v) is 4.13. The first-order valence-electron chi connectivity index (χ1n) is 6.41. The smallest absolute Gasteiger partial charge is 0.238 e. The normalized spacial score (nSPS) is 10.2. The van der Waals surface area contributed by atoms with Gasteiger partial charge in [-0.25, -0.2) is 0 Å². The minimum atomic E-state index is -0.0179. The Hall–Kier alpha value is -1.55. The average molecular weight is 250 g/mol. The maximum atomic E-state index is 11.6. The lowest BCUT2D eigenvalue weighted by Crippen LogP contribution is -2.28. The third-order valence-corrected chi connectivity index (χ3v) is 2.50. The number of ether oxygens (including phenoxy) is 1. The van der Waals surface area contributed by atoms with E-state index in [-0.39, 0.29) is 5.91 Å². The van der Waals surface area contributed by atoms with Crippen molar-refractivity contribution < 1.29 is 9.53 Å². The number of aryl methyl sites for hydroxylation is 1. The van der Waals surface area contributed by atoms with Crippen LogP contribution in [0.25, 0.3) is 0 Å². The van der Waals surface area contributed by atoms with E-state index in [0.29, 0.717) is 13.2 Å². The molecule has 0 spiro atoms. The zero-order valence-corrected chi connectivity index (χ0v) is 11.4. The Morgan fingerprint density at radius 1 is 1.33 bits per heavy atom. The topological polar surface area (TPSA) is 50.4 Å². The molecule has 1 aromatic carbocycles.